The molecular formula is C14H21NO3. The van der Waals surface area contributed by atoms with E-state index in [0.29, 0.717) is 12.8 Å². The minimum atomic E-state index is 0.305. The quantitative estimate of drug-likeness (QED) is 0.756. The third-order valence-electron chi connectivity index (χ3n) is 3.21. The second-order valence-corrected chi connectivity index (χ2v) is 4.40. The summed E-state index contributed by atoms with van der Waals surface area (Å²) in [7, 11) is 2.01. The van der Waals surface area contributed by atoms with Gasteiger partial charge in [0.25, 0.3) is 0 Å². The van der Waals surface area contributed by atoms with Crippen molar-refractivity contribution in [3.8, 4) is 17.2 Å². The van der Waals surface area contributed by atoms with Gasteiger partial charge in [-0.3, -0.25) is 0 Å². The number of fused-ring (bicyclic) bond motifs is 1. The zero-order valence-electron chi connectivity index (χ0n) is 11.1. The van der Waals surface area contributed by atoms with Gasteiger partial charge in [-0.2, -0.15) is 0 Å². The average Bonchev–Trinajstić information content (AvgIpc) is 2.86. The van der Waals surface area contributed by atoms with Crippen LogP contribution in [0.1, 0.15) is 26.2 Å². The third-order valence-corrected chi connectivity index (χ3v) is 3.21. The Morgan fingerprint density at radius 3 is 2.94 bits per heavy atom. The summed E-state index contributed by atoms with van der Waals surface area (Å²) in [6, 6.07) is 6.28. The Labute approximate surface area is 108 Å². The first-order chi connectivity index (χ1) is 8.83. The molecule has 0 saturated heterocycles. The molecule has 1 unspecified atom stereocenters. The van der Waals surface area contributed by atoms with Crippen LogP contribution < -0.4 is 19.5 Å². The summed E-state index contributed by atoms with van der Waals surface area (Å²) >= 11 is 0. The van der Waals surface area contributed by atoms with Gasteiger partial charge < -0.3 is 19.5 Å². The van der Waals surface area contributed by atoms with Crippen molar-refractivity contribution in [1.29, 1.82) is 0 Å². The average molecular weight is 251 g/mol. The van der Waals surface area contributed by atoms with E-state index in [4.69, 9.17) is 14.2 Å². The van der Waals surface area contributed by atoms with Crippen LogP contribution in [0, 0.1) is 0 Å². The van der Waals surface area contributed by atoms with E-state index in [0.717, 1.165) is 43.1 Å². The molecule has 0 aliphatic carbocycles. The minimum absolute atomic E-state index is 0.305. The van der Waals surface area contributed by atoms with Gasteiger partial charge in [0.1, 0.15) is 5.75 Å². The lowest BCUT2D eigenvalue weighted by molar-refractivity contribution is 0.173. The summed E-state index contributed by atoms with van der Waals surface area (Å²) in [5, 5.41) is 3.29. The maximum absolute atomic E-state index is 5.71. The van der Waals surface area contributed by atoms with Gasteiger partial charge in [-0.1, -0.05) is 6.92 Å². The molecule has 0 bridgehead atoms. The smallest absolute Gasteiger partial charge is 0.231 e. The van der Waals surface area contributed by atoms with E-state index in [9.17, 15) is 0 Å². The molecule has 0 saturated carbocycles. The number of nitrogens with one attached hydrogen (secondary N) is 1. The Morgan fingerprint density at radius 2 is 2.17 bits per heavy atom. The monoisotopic (exact) mass is 251 g/mol. The summed E-state index contributed by atoms with van der Waals surface area (Å²) in [6.07, 6.45) is 3.34. The normalized spacial score (nSPS) is 14.6. The van der Waals surface area contributed by atoms with Gasteiger partial charge in [-0.25, -0.2) is 0 Å². The van der Waals surface area contributed by atoms with E-state index in [-0.39, 0.29) is 0 Å². The fraction of sp³-hybridized carbons (Fsp3) is 0.571. The van der Waals surface area contributed by atoms with Crippen molar-refractivity contribution in [2.75, 3.05) is 20.4 Å². The summed E-state index contributed by atoms with van der Waals surface area (Å²) in [5.41, 5.74) is 0. The highest BCUT2D eigenvalue weighted by atomic mass is 16.7. The molecule has 1 N–H and O–H groups in total. The van der Waals surface area contributed by atoms with Crippen LogP contribution in [0.3, 0.4) is 0 Å². The van der Waals surface area contributed by atoms with E-state index in [2.05, 4.69) is 12.2 Å². The molecule has 100 valence electrons. The maximum atomic E-state index is 5.71. The molecule has 1 aliphatic rings. The van der Waals surface area contributed by atoms with E-state index in [1.807, 2.05) is 25.2 Å². The fourth-order valence-electron chi connectivity index (χ4n) is 2.04. The van der Waals surface area contributed by atoms with E-state index >= 15 is 0 Å². The van der Waals surface area contributed by atoms with Crippen LogP contribution in [-0.2, 0) is 0 Å². The molecule has 1 heterocycles. The summed E-state index contributed by atoms with van der Waals surface area (Å²) in [4.78, 5) is 0. The van der Waals surface area contributed by atoms with Crippen molar-refractivity contribution >= 4 is 0 Å². The molecule has 1 aromatic rings. The Hall–Kier alpha value is -1.42. The molecule has 0 radical (unpaired) electrons. The van der Waals surface area contributed by atoms with Crippen LogP contribution in [0.2, 0.25) is 0 Å². The topological polar surface area (TPSA) is 39.7 Å². The highest BCUT2D eigenvalue weighted by Crippen LogP contribution is 2.35. The Bertz CT molecular complexity index is 377. The molecule has 0 fully saturated rings. The van der Waals surface area contributed by atoms with Crippen LogP contribution in [0.15, 0.2) is 18.2 Å². The van der Waals surface area contributed by atoms with Crippen LogP contribution >= 0.6 is 0 Å². The van der Waals surface area contributed by atoms with Gasteiger partial charge in [0, 0.05) is 12.1 Å². The lowest BCUT2D eigenvalue weighted by Crippen LogP contribution is -2.24. The number of ether oxygens (including phenoxy) is 3. The lowest BCUT2D eigenvalue weighted by Gasteiger charge is -2.13. The lowest BCUT2D eigenvalue weighted by atomic mass is 10.1. The number of benzene rings is 1. The summed E-state index contributed by atoms with van der Waals surface area (Å²) in [5.74, 6) is 2.41. The van der Waals surface area contributed by atoms with Crippen molar-refractivity contribution in [3.63, 3.8) is 0 Å². The number of rotatable bonds is 7. The fourth-order valence-corrected chi connectivity index (χ4v) is 2.04. The molecule has 0 amide bonds. The standard InChI is InChI=1S/C14H21NO3/c1-3-11(15-2)5-4-8-16-12-6-7-13-14(9-12)18-10-17-13/h6-7,9,11,15H,3-5,8,10H2,1-2H3. The molecular weight excluding hydrogens is 230 g/mol. The molecule has 1 aromatic carbocycles. The van der Waals surface area contributed by atoms with Gasteiger partial charge in [0.15, 0.2) is 11.5 Å². The molecule has 0 aromatic heterocycles. The van der Waals surface area contributed by atoms with Crippen LogP contribution in [0.5, 0.6) is 17.2 Å². The van der Waals surface area contributed by atoms with E-state index < -0.39 is 0 Å². The third kappa shape index (κ3) is 3.29. The second kappa shape index (κ2) is 6.50. The first-order valence-corrected chi connectivity index (χ1v) is 6.53. The van der Waals surface area contributed by atoms with E-state index in [1.54, 1.807) is 0 Å². The highest BCUT2D eigenvalue weighted by Gasteiger charge is 2.13. The van der Waals surface area contributed by atoms with Crippen molar-refractivity contribution in [2.45, 2.75) is 32.2 Å². The SMILES string of the molecule is CCC(CCCOc1ccc2c(c1)OCO2)NC. The zero-order chi connectivity index (χ0) is 12.8. The Kier molecular flexibility index (Phi) is 4.70. The number of hydrogen-bond donors (Lipinski definition) is 1. The van der Waals surface area contributed by atoms with E-state index in [1.165, 1.54) is 0 Å². The largest absolute Gasteiger partial charge is 0.493 e. The van der Waals surface area contributed by atoms with Crippen molar-refractivity contribution < 1.29 is 14.2 Å². The highest BCUT2D eigenvalue weighted by molar-refractivity contribution is 5.46. The summed E-state index contributed by atoms with van der Waals surface area (Å²) in [6.45, 7) is 3.23. The van der Waals surface area contributed by atoms with Crippen molar-refractivity contribution in [2.24, 2.45) is 0 Å². The van der Waals surface area contributed by atoms with Gasteiger partial charge in [-0.15, -0.1) is 0 Å². The zero-order valence-corrected chi connectivity index (χ0v) is 11.1. The molecule has 4 heteroatoms. The molecule has 18 heavy (non-hydrogen) atoms. The predicted molar refractivity (Wildman–Crippen MR) is 70.4 cm³/mol. The van der Waals surface area contributed by atoms with Gasteiger partial charge >= 0.3 is 0 Å². The van der Waals surface area contributed by atoms with Crippen LogP contribution in [-0.4, -0.2) is 26.5 Å². The van der Waals surface area contributed by atoms with Crippen molar-refractivity contribution in [1.82, 2.24) is 5.32 Å². The second-order valence-electron chi connectivity index (χ2n) is 4.40. The molecule has 4 nitrogen and oxygen atoms in total. The van der Waals surface area contributed by atoms with Crippen molar-refractivity contribution in [3.05, 3.63) is 18.2 Å². The summed E-state index contributed by atoms with van der Waals surface area (Å²) < 4.78 is 16.3. The molecule has 1 atom stereocenters. The molecule has 1 aliphatic heterocycles. The Morgan fingerprint density at radius 1 is 1.33 bits per heavy atom. The molecule has 2 rings (SSSR count). The van der Waals surface area contributed by atoms with Gasteiger partial charge in [-0.05, 0) is 38.4 Å². The maximum Gasteiger partial charge on any atom is 0.231 e. The first kappa shape index (κ1) is 13.0. The van der Waals surface area contributed by atoms with Crippen LogP contribution in [0.4, 0.5) is 0 Å². The van der Waals surface area contributed by atoms with Gasteiger partial charge in [0.2, 0.25) is 6.79 Å². The minimum Gasteiger partial charge on any atom is -0.493 e. The van der Waals surface area contributed by atoms with Crippen LogP contribution in [0.25, 0.3) is 0 Å². The Balaban J connectivity index is 1.74. The predicted octanol–water partition coefficient (Wildman–Crippen LogP) is 2.57. The van der Waals surface area contributed by atoms with Gasteiger partial charge in [0.05, 0.1) is 6.61 Å². The first-order valence-electron chi connectivity index (χ1n) is 6.53. The number of hydrogen-bond acceptors (Lipinski definition) is 4. The molecule has 0 spiro atoms.